The number of methoxy groups -OCH3 is 1. The second-order valence-corrected chi connectivity index (χ2v) is 5.53. The Bertz CT molecular complexity index is 611. The van der Waals surface area contributed by atoms with E-state index >= 15 is 0 Å². The molecule has 2 aromatic rings. The molecule has 0 aromatic heterocycles. The largest absolute Gasteiger partial charge is 0.496 e. The summed E-state index contributed by atoms with van der Waals surface area (Å²) in [4.78, 5) is 0. The van der Waals surface area contributed by atoms with Crippen molar-refractivity contribution in [1.29, 1.82) is 0 Å². The van der Waals surface area contributed by atoms with Gasteiger partial charge in [0.25, 0.3) is 0 Å². The van der Waals surface area contributed by atoms with E-state index in [0.717, 1.165) is 22.4 Å². The Morgan fingerprint density at radius 1 is 1.15 bits per heavy atom. The molecule has 0 saturated carbocycles. The van der Waals surface area contributed by atoms with Crippen LogP contribution in [0.25, 0.3) is 0 Å². The minimum Gasteiger partial charge on any atom is -0.496 e. The minimum absolute atomic E-state index is 0.435. The first-order valence-corrected chi connectivity index (χ1v) is 7.03. The lowest BCUT2D eigenvalue weighted by atomic mass is 9.99. The third-order valence-electron chi connectivity index (χ3n) is 3.22. The van der Waals surface area contributed by atoms with Gasteiger partial charge in [-0.15, -0.1) is 0 Å². The Labute approximate surface area is 128 Å². The summed E-state index contributed by atoms with van der Waals surface area (Å²) in [6.07, 6.45) is -0.191. The molecule has 20 heavy (non-hydrogen) atoms. The number of aliphatic hydroxyl groups excluding tert-OH is 1. The summed E-state index contributed by atoms with van der Waals surface area (Å²) < 4.78 is 5.29. The van der Waals surface area contributed by atoms with E-state index in [1.807, 2.05) is 25.1 Å². The van der Waals surface area contributed by atoms with E-state index in [4.69, 9.17) is 27.9 Å². The van der Waals surface area contributed by atoms with Gasteiger partial charge in [0.2, 0.25) is 0 Å². The van der Waals surface area contributed by atoms with E-state index in [9.17, 15) is 5.11 Å². The van der Waals surface area contributed by atoms with Crippen molar-refractivity contribution in [3.8, 4) is 5.75 Å². The standard InChI is InChI=1S/C16H16Cl2O2/c1-10-7-11(3-5-14(10)18)15(19)9-12-8-13(17)4-6-16(12)20-2/h3-8,15,19H,9H2,1-2H3. The van der Waals surface area contributed by atoms with Gasteiger partial charge in [-0.1, -0.05) is 35.3 Å². The molecule has 0 aliphatic rings. The number of benzene rings is 2. The summed E-state index contributed by atoms with van der Waals surface area (Å²) in [5.41, 5.74) is 2.65. The summed E-state index contributed by atoms with van der Waals surface area (Å²) in [7, 11) is 1.60. The van der Waals surface area contributed by atoms with E-state index in [2.05, 4.69) is 0 Å². The van der Waals surface area contributed by atoms with Crippen LogP contribution in [0.4, 0.5) is 0 Å². The predicted molar refractivity (Wildman–Crippen MR) is 82.9 cm³/mol. The predicted octanol–water partition coefficient (Wildman–Crippen LogP) is 4.59. The van der Waals surface area contributed by atoms with Gasteiger partial charge in [0.1, 0.15) is 5.75 Å². The number of hydrogen-bond acceptors (Lipinski definition) is 2. The molecule has 0 amide bonds. The average Bonchev–Trinajstić information content (AvgIpc) is 2.42. The van der Waals surface area contributed by atoms with Crippen molar-refractivity contribution < 1.29 is 9.84 Å². The normalized spacial score (nSPS) is 12.2. The van der Waals surface area contributed by atoms with Gasteiger partial charge in [0.15, 0.2) is 0 Å². The second kappa shape index (κ2) is 6.49. The van der Waals surface area contributed by atoms with E-state index < -0.39 is 6.10 Å². The van der Waals surface area contributed by atoms with Gasteiger partial charge in [0, 0.05) is 16.5 Å². The monoisotopic (exact) mass is 310 g/mol. The fourth-order valence-electron chi connectivity index (χ4n) is 2.11. The number of hydrogen-bond donors (Lipinski definition) is 1. The number of aliphatic hydroxyl groups is 1. The molecule has 2 aromatic carbocycles. The van der Waals surface area contributed by atoms with E-state index in [0.29, 0.717) is 16.5 Å². The fourth-order valence-corrected chi connectivity index (χ4v) is 2.42. The van der Waals surface area contributed by atoms with E-state index in [1.165, 1.54) is 0 Å². The maximum atomic E-state index is 10.4. The van der Waals surface area contributed by atoms with E-state index in [1.54, 1.807) is 25.3 Å². The zero-order valence-corrected chi connectivity index (χ0v) is 12.9. The SMILES string of the molecule is COc1ccc(Cl)cc1CC(O)c1ccc(Cl)c(C)c1. The number of aryl methyl sites for hydroxylation is 1. The smallest absolute Gasteiger partial charge is 0.122 e. The Morgan fingerprint density at radius 2 is 1.90 bits per heavy atom. The minimum atomic E-state index is -0.627. The molecule has 0 saturated heterocycles. The average molecular weight is 311 g/mol. The number of rotatable bonds is 4. The van der Waals surface area contributed by atoms with Gasteiger partial charge in [-0.25, -0.2) is 0 Å². The van der Waals surface area contributed by atoms with Gasteiger partial charge in [-0.3, -0.25) is 0 Å². The summed E-state index contributed by atoms with van der Waals surface area (Å²) in [6, 6.07) is 10.9. The van der Waals surface area contributed by atoms with Crippen LogP contribution >= 0.6 is 23.2 Å². The lowest BCUT2D eigenvalue weighted by Gasteiger charge is -2.15. The van der Waals surface area contributed by atoms with Gasteiger partial charge in [-0.05, 0) is 47.9 Å². The van der Waals surface area contributed by atoms with Crippen LogP contribution in [0.15, 0.2) is 36.4 Å². The fraction of sp³-hybridized carbons (Fsp3) is 0.250. The van der Waals surface area contributed by atoms with Crippen LogP contribution in [-0.4, -0.2) is 12.2 Å². The highest BCUT2D eigenvalue weighted by Gasteiger charge is 2.13. The molecule has 0 fully saturated rings. The lowest BCUT2D eigenvalue weighted by molar-refractivity contribution is 0.177. The van der Waals surface area contributed by atoms with Crippen molar-refractivity contribution in [2.24, 2.45) is 0 Å². The quantitative estimate of drug-likeness (QED) is 0.895. The molecule has 1 N–H and O–H groups in total. The van der Waals surface area contributed by atoms with Crippen molar-refractivity contribution in [1.82, 2.24) is 0 Å². The molecule has 0 spiro atoms. The molecule has 2 rings (SSSR count). The van der Waals surface area contributed by atoms with Crippen LogP contribution in [0.1, 0.15) is 22.8 Å². The zero-order valence-electron chi connectivity index (χ0n) is 11.4. The van der Waals surface area contributed by atoms with Crippen LogP contribution in [0.5, 0.6) is 5.75 Å². The van der Waals surface area contributed by atoms with Crippen molar-refractivity contribution in [3.05, 3.63) is 63.1 Å². The first kappa shape index (κ1) is 15.2. The van der Waals surface area contributed by atoms with Crippen LogP contribution < -0.4 is 4.74 Å². The maximum Gasteiger partial charge on any atom is 0.122 e. The molecule has 0 aliphatic carbocycles. The van der Waals surface area contributed by atoms with Gasteiger partial charge >= 0.3 is 0 Å². The summed E-state index contributed by atoms with van der Waals surface area (Å²) in [5, 5.41) is 11.7. The van der Waals surface area contributed by atoms with Crippen molar-refractivity contribution in [3.63, 3.8) is 0 Å². The summed E-state index contributed by atoms with van der Waals surface area (Å²) in [6.45, 7) is 1.92. The molecule has 0 heterocycles. The van der Waals surface area contributed by atoms with Gasteiger partial charge in [-0.2, -0.15) is 0 Å². The molecule has 106 valence electrons. The van der Waals surface area contributed by atoms with Crippen molar-refractivity contribution in [2.75, 3.05) is 7.11 Å². The Morgan fingerprint density at radius 3 is 2.55 bits per heavy atom. The Hall–Kier alpha value is -1.22. The molecule has 1 atom stereocenters. The third kappa shape index (κ3) is 3.45. The molecular formula is C16H16Cl2O2. The molecule has 0 bridgehead atoms. The van der Waals surface area contributed by atoms with Crippen LogP contribution in [0, 0.1) is 6.92 Å². The van der Waals surface area contributed by atoms with Gasteiger partial charge in [0.05, 0.1) is 13.2 Å². The van der Waals surface area contributed by atoms with Crippen LogP contribution in [0.2, 0.25) is 10.0 Å². The van der Waals surface area contributed by atoms with Crippen LogP contribution in [-0.2, 0) is 6.42 Å². The summed E-state index contributed by atoms with van der Waals surface area (Å²) in [5.74, 6) is 0.721. The second-order valence-electron chi connectivity index (χ2n) is 4.68. The van der Waals surface area contributed by atoms with E-state index in [-0.39, 0.29) is 0 Å². The highest BCUT2D eigenvalue weighted by molar-refractivity contribution is 6.31. The molecule has 1 unspecified atom stereocenters. The molecule has 0 aliphatic heterocycles. The van der Waals surface area contributed by atoms with Gasteiger partial charge < -0.3 is 9.84 Å². The van der Waals surface area contributed by atoms with Crippen molar-refractivity contribution >= 4 is 23.2 Å². The Balaban J connectivity index is 2.24. The number of halogens is 2. The number of ether oxygens (including phenoxy) is 1. The summed E-state index contributed by atoms with van der Waals surface area (Å²) >= 11 is 12.0. The van der Waals surface area contributed by atoms with Crippen molar-refractivity contribution in [2.45, 2.75) is 19.4 Å². The highest BCUT2D eigenvalue weighted by Crippen LogP contribution is 2.29. The molecule has 4 heteroatoms. The zero-order chi connectivity index (χ0) is 14.7. The maximum absolute atomic E-state index is 10.4. The molecule has 0 radical (unpaired) electrons. The molecule has 2 nitrogen and oxygen atoms in total. The lowest BCUT2D eigenvalue weighted by Crippen LogP contribution is -2.04. The third-order valence-corrected chi connectivity index (χ3v) is 3.88. The topological polar surface area (TPSA) is 29.5 Å². The highest BCUT2D eigenvalue weighted by atomic mass is 35.5. The first-order valence-electron chi connectivity index (χ1n) is 6.28. The first-order chi connectivity index (χ1) is 9.51. The molecular weight excluding hydrogens is 295 g/mol. The van der Waals surface area contributed by atoms with Crippen LogP contribution in [0.3, 0.4) is 0 Å². The Kier molecular flexibility index (Phi) is 4.92.